The van der Waals surface area contributed by atoms with E-state index in [-0.39, 0.29) is 11.8 Å². The number of hydrogen-bond acceptors (Lipinski definition) is 0. The molecule has 1 aliphatic rings. The smallest absolute Gasteiger partial charge is 0.244 e. The summed E-state index contributed by atoms with van der Waals surface area (Å²) in [5, 5.41) is 0. The van der Waals surface area contributed by atoms with Gasteiger partial charge in [0, 0.05) is 0 Å². The van der Waals surface area contributed by atoms with Crippen LogP contribution in [-0.2, 0) is 0 Å². The van der Waals surface area contributed by atoms with Gasteiger partial charge in [-0.2, -0.15) is 0 Å². The van der Waals surface area contributed by atoms with Crippen molar-refractivity contribution >= 4 is 0 Å². The Morgan fingerprint density at radius 2 is 1.58 bits per heavy atom. The molecule has 1 rings (SSSR count). The van der Waals surface area contributed by atoms with E-state index < -0.39 is 18.5 Å². The third-order valence-corrected chi connectivity index (χ3v) is 2.94. The second-order valence-corrected chi connectivity index (χ2v) is 3.89. The van der Waals surface area contributed by atoms with Gasteiger partial charge in [0.05, 0.1) is 5.92 Å². The molecule has 0 bridgehead atoms. The molecule has 1 fully saturated rings. The van der Waals surface area contributed by atoms with Crippen molar-refractivity contribution in [1.82, 2.24) is 0 Å². The van der Waals surface area contributed by atoms with Gasteiger partial charge in [0.2, 0.25) is 6.43 Å². The fourth-order valence-corrected chi connectivity index (χ4v) is 1.96. The van der Waals surface area contributed by atoms with Gasteiger partial charge >= 0.3 is 0 Å². The summed E-state index contributed by atoms with van der Waals surface area (Å²) in [6.45, 7) is 3.43. The Kier molecular flexibility index (Phi) is 3.02. The Morgan fingerprint density at radius 3 is 2.00 bits per heavy atom. The highest BCUT2D eigenvalue weighted by molar-refractivity contribution is 4.85. The molecular formula is C9H15F3. The van der Waals surface area contributed by atoms with Crippen LogP contribution in [0.5, 0.6) is 0 Å². The van der Waals surface area contributed by atoms with Crippen molar-refractivity contribution < 1.29 is 13.2 Å². The summed E-state index contributed by atoms with van der Waals surface area (Å²) in [7, 11) is 0. The molecular weight excluding hydrogens is 165 g/mol. The number of hydrogen-bond donors (Lipinski definition) is 0. The highest BCUT2D eigenvalue weighted by Crippen LogP contribution is 2.39. The van der Waals surface area contributed by atoms with E-state index in [1.807, 2.05) is 0 Å². The molecule has 0 N–H and O–H groups in total. The highest BCUT2D eigenvalue weighted by atomic mass is 19.3. The predicted molar refractivity (Wildman–Crippen MR) is 42.0 cm³/mol. The van der Waals surface area contributed by atoms with Crippen molar-refractivity contribution in [3.05, 3.63) is 0 Å². The number of alkyl halides is 3. The zero-order valence-electron chi connectivity index (χ0n) is 7.43. The minimum absolute atomic E-state index is 0.170. The second kappa shape index (κ2) is 3.67. The minimum atomic E-state index is -2.50. The molecule has 4 atom stereocenters. The lowest BCUT2D eigenvalue weighted by molar-refractivity contribution is -0.0432. The van der Waals surface area contributed by atoms with Gasteiger partial charge in [0.25, 0.3) is 0 Å². The van der Waals surface area contributed by atoms with Crippen molar-refractivity contribution in [2.45, 2.75) is 39.3 Å². The molecule has 0 heterocycles. The van der Waals surface area contributed by atoms with Crippen LogP contribution in [0.2, 0.25) is 0 Å². The first-order valence-corrected chi connectivity index (χ1v) is 4.46. The molecule has 0 spiro atoms. The van der Waals surface area contributed by atoms with Gasteiger partial charge < -0.3 is 0 Å². The molecule has 0 aromatic carbocycles. The lowest BCUT2D eigenvalue weighted by Crippen LogP contribution is -2.38. The van der Waals surface area contributed by atoms with Crippen LogP contribution in [0.1, 0.15) is 26.7 Å². The average molecular weight is 180 g/mol. The van der Waals surface area contributed by atoms with Crippen LogP contribution in [0.25, 0.3) is 0 Å². The lowest BCUT2D eigenvalue weighted by atomic mass is 9.74. The van der Waals surface area contributed by atoms with E-state index >= 15 is 0 Å². The van der Waals surface area contributed by atoms with Crippen molar-refractivity contribution in [2.75, 3.05) is 0 Å². The molecule has 0 aliphatic heterocycles. The van der Waals surface area contributed by atoms with Crippen LogP contribution in [0, 0.1) is 17.8 Å². The van der Waals surface area contributed by atoms with Gasteiger partial charge in [0.15, 0.2) is 0 Å². The monoisotopic (exact) mass is 180 g/mol. The molecule has 0 amide bonds. The summed E-state index contributed by atoms with van der Waals surface area (Å²) >= 11 is 0. The van der Waals surface area contributed by atoms with E-state index in [0.29, 0.717) is 0 Å². The number of rotatable bonds is 1. The van der Waals surface area contributed by atoms with Crippen molar-refractivity contribution in [1.29, 1.82) is 0 Å². The topological polar surface area (TPSA) is 0 Å². The first-order valence-electron chi connectivity index (χ1n) is 4.46. The first kappa shape index (κ1) is 9.87. The van der Waals surface area contributed by atoms with Crippen LogP contribution in [-0.4, -0.2) is 12.6 Å². The van der Waals surface area contributed by atoms with Gasteiger partial charge in [-0.25, -0.2) is 13.2 Å². The predicted octanol–water partition coefficient (Wildman–Crippen LogP) is 3.27. The van der Waals surface area contributed by atoms with Gasteiger partial charge in [-0.3, -0.25) is 0 Å². The molecule has 1 saturated carbocycles. The van der Waals surface area contributed by atoms with Crippen LogP contribution < -0.4 is 0 Å². The third kappa shape index (κ3) is 1.75. The fourth-order valence-electron chi connectivity index (χ4n) is 1.96. The van der Waals surface area contributed by atoms with Crippen LogP contribution in [0.15, 0.2) is 0 Å². The highest BCUT2D eigenvalue weighted by Gasteiger charge is 2.40. The van der Waals surface area contributed by atoms with E-state index in [1.165, 1.54) is 0 Å². The lowest BCUT2D eigenvalue weighted by Gasteiger charge is -2.35. The summed E-state index contributed by atoms with van der Waals surface area (Å²) in [6.07, 6.45) is -2.34. The van der Waals surface area contributed by atoms with Crippen molar-refractivity contribution in [3.63, 3.8) is 0 Å². The van der Waals surface area contributed by atoms with E-state index in [2.05, 4.69) is 0 Å². The fraction of sp³-hybridized carbons (Fsp3) is 1.00. The summed E-state index contributed by atoms with van der Waals surface area (Å²) in [6, 6.07) is 0. The Hall–Kier alpha value is -0.210. The molecule has 0 radical (unpaired) electrons. The zero-order valence-corrected chi connectivity index (χ0v) is 7.43. The minimum Gasteiger partial charge on any atom is -0.247 e. The summed E-state index contributed by atoms with van der Waals surface area (Å²) in [4.78, 5) is 0. The molecule has 0 aromatic heterocycles. The van der Waals surface area contributed by atoms with Gasteiger partial charge in [-0.15, -0.1) is 0 Å². The summed E-state index contributed by atoms with van der Waals surface area (Å²) in [5.74, 6) is -1.40. The second-order valence-electron chi connectivity index (χ2n) is 3.89. The maximum Gasteiger partial charge on any atom is 0.244 e. The Morgan fingerprint density at radius 1 is 1.08 bits per heavy atom. The van der Waals surface area contributed by atoms with Crippen molar-refractivity contribution in [3.8, 4) is 0 Å². The first-order chi connectivity index (χ1) is 5.54. The molecule has 3 heteroatoms. The molecule has 4 unspecified atom stereocenters. The normalized spacial score (nSPS) is 43.5. The Labute approximate surface area is 71.1 Å². The standard InChI is InChI=1S/C9H15F3/c1-5-3-4-6(2)8(10)7(5)9(11)12/h5-9H,3-4H2,1-2H3. The van der Waals surface area contributed by atoms with Crippen LogP contribution in [0.4, 0.5) is 13.2 Å². The Balaban J connectivity index is 2.65. The van der Waals surface area contributed by atoms with Gasteiger partial charge in [-0.1, -0.05) is 13.8 Å². The van der Waals surface area contributed by atoms with Crippen molar-refractivity contribution in [2.24, 2.45) is 17.8 Å². The molecule has 0 nitrogen and oxygen atoms in total. The molecule has 72 valence electrons. The van der Waals surface area contributed by atoms with E-state index in [4.69, 9.17) is 0 Å². The van der Waals surface area contributed by atoms with E-state index in [9.17, 15) is 13.2 Å². The maximum absolute atomic E-state index is 13.3. The molecule has 12 heavy (non-hydrogen) atoms. The number of halogens is 3. The SMILES string of the molecule is CC1CCC(C)C(C(F)F)C1F. The Bertz CT molecular complexity index is 147. The van der Waals surface area contributed by atoms with Crippen LogP contribution >= 0.6 is 0 Å². The zero-order chi connectivity index (χ0) is 9.30. The van der Waals surface area contributed by atoms with E-state index in [1.54, 1.807) is 13.8 Å². The van der Waals surface area contributed by atoms with E-state index in [0.717, 1.165) is 12.8 Å². The third-order valence-electron chi connectivity index (χ3n) is 2.94. The summed E-state index contributed by atoms with van der Waals surface area (Å²) in [5.41, 5.74) is 0. The van der Waals surface area contributed by atoms with Gasteiger partial charge in [0.1, 0.15) is 6.17 Å². The average Bonchev–Trinajstić information content (AvgIpc) is 1.97. The quantitative estimate of drug-likeness (QED) is 0.581. The molecule has 0 saturated heterocycles. The van der Waals surface area contributed by atoms with Gasteiger partial charge in [-0.05, 0) is 24.7 Å². The molecule has 0 aromatic rings. The molecule has 1 aliphatic carbocycles. The maximum atomic E-state index is 13.3. The van der Waals surface area contributed by atoms with Crippen LogP contribution in [0.3, 0.4) is 0 Å². The largest absolute Gasteiger partial charge is 0.247 e. The summed E-state index contributed by atoms with van der Waals surface area (Å²) < 4.78 is 38.0.